The van der Waals surface area contributed by atoms with Crippen LogP contribution in [0.3, 0.4) is 0 Å². The van der Waals surface area contributed by atoms with E-state index in [1.807, 2.05) is 0 Å². The predicted molar refractivity (Wildman–Crippen MR) is 56.1 cm³/mol. The van der Waals surface area contributed by atoms with Crippen LogP contribution in [0.4, 0.5) is 0 Å². The van der Waals surface area contributed by atoms with E-state index in [9.17, 15) is 14.4 Å². The molecule has 0 rings (SSSR count). The second kappa shape index (κ2) is 7.59. The molecule has 0 bridgehead atoms. The highest BCUT2D eigenvalue weighted by molar-refractivity contribution is 5.91. The number of isocyanates is 1. The number of hydrogen-bond donors (Lipinski definition) is 0. The predicted octanol–water partition coefficient (Wildman–Crippen LogP) is 1.23. The highest BCUT2D eigenvalue weighted by Gasteiger charge is 2.14. The minimum absolute atomic E-state index is 0.128. The molecule has 0 amide bonds. The average Bonchev–Trinajstić information content (AvgIpc) is 2.25. The number of nitrogens with zero attached hydrogens (tertiary/aromatic N) is 1. The first kappa shape index (κ1) is 13.2. The summed E-state index contributed by atoms with van der Waals surface area (Å²) >= 11 is 0. The zero-order valence-electron chi connectivity index (χ0n) is 8.44. The van der Waals surface area contributed by atoms with Crippen LogP contribution in [-0.2, 0) is 14.4 Å². The Morgan fingerprint density at radius 3 is 2.00 bits per heavy atom. The molecule has 0 aromatic heterocycles. The molecule has 4 nitrogen and oxygen atoms in total. The average molecular weight is 207 g/mol. The highest BCUT2D eigenvalue weighted by atomic mass is 16.1. The number of rotatable bonds is 8. The van der Waals surface area contributed by atoms with Crippen molar-refractivity contribution in [1.29, 1.82) is 0 Å². The minimum atomic E-state index is -0.276. The molecule has 0 aromatic carbocycles. The third kappa shape index (κ3) is 6.29. The number of carbonyl (C=O) groups is 2. The van der Waals surface area contributed by atoms with Crippen LogP contribution in [0.25, 0.3) is 0 Å². The Bertz CT molecular complexity index is 292. The molecule has 80 valence electrons. The highest BCUT2D eigenvalue weighted by Crippen LogP contribution is 2.11. The number of aliphatic imine (C=N–C) groups is 1. The van der Waals surface area contributed by atoms with Crippen LogP contribution in [0.1, 0.15) is 12.8 Å². The summed E-state index contributed by atoms with van der Waals surface area (Å²) < 4.78 is 0. The van der Waals surface area contributed by atoms with E-state index in [2.05, 4.69) is 18.2 Å². The smallest absolute Gasteiger partial charge is 0.234 e. The van der Waals surface area contributed by atoms with E-state index in [0.717, 1.165) is 0 Å². The number of ketones is 2. The minimum Gasteiger partial charge on any atom is -0.295 e. The zero-order chi connectivity index (χ0) is 11.7. The lowest BCUT2D eigenvalue weighted by Crippen LogP contribution is -2.13. The molecule has 4 heteroatoms. The Morgan fingerprint density at radius 1 is 1.20 bits per heavy atom. The van der Waals surface area contributed by atoms with Gasteiger partial charge in [0.1, 0.15) is 0 Å². The van der Waals surface area contributed by atoms with E-state index in [1.165, 1.54) is 18.2 Å². The molecule has 0 aromatic rings. The fraction of sp³-hybridized carbons (Fsp3) is 0.364. The molecular weight excluding hydrogens is 194 g/mol. The first-order valence-electron chi connectivity index (χ1n) is 4.48. The van der Waals surface area contributed by atoms with Gasteiger partial charge in [-0.05, 0) is 18.1 Å². The van der Waals surface area contributed by atoms with E-state index in [1.54, 1.807) is 0 Å². The second-order valence-corrected chi connectivity index (χ2v) is 3.05. The van der Waals surface area contributed by atoms with Crippen LogP contribution < -0.4 is 0 Å². The van der Waals surface area contributed by atoms with Gasteiger partial charge in [0.05, 0.1) is 6.54 Å². The molecule has 0 saturated heterocycles. The SMILES string of the molecule is C=CC(=O)CC(CN=C=O)CC(=O)C=C. The van der Waals surface area contributed by atoms with Gasteiger partial charge in [-0.15, -0.1) is 0 Å². The lowest BCUT2D eigenvalue weighted by atomic mass is 9.96. The van der Waals surface area contributed by atoms with Gasteiger partial charge >= 0.3 is 0 Å². The van der Waals surface area contributed by atoms with Gasteiger partial charge in [-0.3, -0.25) is 9.59 Å². The van der Waals surface area contributed by atoms with Gasteiger partial charge in [0.15, 0.2) is 11.6 Å². The Hall–Kier alpha value is -1.80. The van der Waals surface area contributed by atoms with Gasteiger partial charge in [-0.2, -0.15) is 0 Å². The Labute approximate surface area is 88.4 Å². The van der Waals surface area contributed by atoms with Crippen LogP contribution >= 0.6 is 0 Å². The van der Waals surface area contributed by atoms with Crippen molar-refractivity contribution in [3.63, 3.8) is 0 Å². The maximum Gasteiger partial charge on any atom is 0.234 e. The Balaban J connectivity index is 4.35. The summed E-state index contributed by atoms with van der Waals surface area (Å²) in [6.07, 6.45) is 4.08. The zero-order valence-corrected chi connectivity index (χ0v) is 8.44. The van der Waals surface area contributed by atoms with Gasteiger partial charge in [-0.25, -0.2) is 9.79 Å². The molecule has 0 fully saturated rings. The summed E-state index contributed by atoms with van der Waals surface area (Å²) in [4.78, 5) is 35.4. The summed E-state index contributed by atoms with van der Waals surface area (Å²) in [7, 11) is 0. The van der Waals surface area contributed by atoms with E-state index in [0.29, 0.717) is 0 Å². The van der Waals surface area contributed by atoms with Crippen LogP contribution in [0.2, 0.25) is 0 Å². The molecule has 0 spiro atoms. The van der Waals surface area contributed by atoms with Crippen molar-refractivity contribution >= 4 is 17.6 Å². The van der Waals surface area contributed by atoms with E-state index in [4.69, 9.17) is 0 Å². The first-order chi connectivity index (χ1) is 7.13. The molecular formula is C11H13NO3. The van der Waals surface area contributed by atoms with Crippen LogP contribution in [0, 0.1) is 5.92 Å². The van der Waals surface area contributed by atoms with Gasteiger partial charge in [0.25, 0.3) is 0 Å². The van der Waals surface area contributed by atoms with Gasteiger partial charge in [0.2, 0.25) is 6.08 Å². The molecule has 0 N–H and O–H groups in total. The van der Waals surface area contributed by atoms with Gasteiger partial charge in [-0.1, -0.05) is 13.2 Å². The third-order valence-corrected chi connectivity index (χ3v) is 1.85. The van der Waals surface area contributed by atoms with Crippen molar-refractivity contribution in [3.8, 4) is 0 Å². The molecule has 0 radical (unpaired) electrons. The van der Waals surface area contributed by atoms with E-state index >= 15 is 0 Å². The lowest BCUT2D eigenvalue weighted by molar-refractivity contribution is -0.117. The molecule has 0 heterocycles. The van der Waals surface area contributed by atoms with E-state index < -0.39 is 0 Å². The van der Waals surface area contributed by atoms with Crippen LogP contribution in [0.15, 0.2) is 30.3 Å². The standard InChI is InChI=1S/C11H13NO3/c1-3-10(14)5-9(7-12-8-13)6-11(15)4-2/h3-4,9H,1-2,5-7H2. The Kier molecular flexibility index (Phi) is 6.68. The maximum absolute atomic E-state index is 11.1. The normalized spacial score (nSPS) is 9.13. The van der Waals surface area contributed by atoms with Crippen molar-refractivity contribution in [3.05, 3.63) is 25.3 Å². The molecule has 0 atom stereocenters. The fourth-order valence-corrected chi connectivity index (χ4v) is 1.10. The van der Waals surface area contributed by atoms with Crippen molar-refractivity contribution in [2.45, 2.75) is 12.8 Å². The monoisotopic (exact) mass is 207 g/mol. The maximum atomic E-state index is 11.1. The summed E-state index contributed by atoms with van der Waals surface area (Å²) in [6.45, 7) is 6.79. The summed E-state index contributed by atoms with van der Waals surface area (Å²) in [5, 5.41) is 0. The van der Waals surface area contributed by atoms with Crippen LogP contribution in [-0.4, -0.2) is 24.2 Å². The third-order valence-electron chi connectivity index (χ3n) is 1.85. The first-order valence-corrected chi connectivity index (χ1v) is 4.48. The Morgan fingerprint density at radius 2 is 1.67 bits per heavy atom. The number of hydrogen-bond acceptors (Lipinski definition) is 4. The summed E-state index contributed by atoms with van der Waals surface area (Å²) in [5.74, 6) is -0.613. The summed E-state index contributed by atoms with van der Waals surface area (Å²) in [6, 6.07) is 0. The van der Waals surface area contributed by atoms with E-state index in [-0.39, 0.29) is 36.9 Å². The molecule has 0 saturated carbocycles. The van der Waals surface area contributed by atoms with Gasteiger partial charge in [0, 0.05) is 12.8 Å². The molecule has 0 aliphatic heterocycles. The molecule has 0 aliphatic carbocycles. The quantitative estimate of drug-likeness (QED) is 0.341. The number of allylic oxidation sites excluding steroid dienone is 2. The van der Waals surface area contributed by atoms with Crippen LogP contribution in [0.5, 0.6) is 0 Å². The molecule has 0 aliphatic rings. The largest absolute Gasteiger partial charge is 0.295 e. The lowest BCUT2D eigenvalue weighted by Gasteiger charge is -2.09. The summed E-state index contributed by atoms with van der Waals surface area (Å²) in [5.41, 5.74) is 0. The van der Waals surface area contributed by atoms with Crippen molar-refractivity contribution in [2.75, 3.05) is 6.54 Å². The molecule has 15 heavy (non-hydrogen) atoms. The second-order valence-electron chi connectivity index (χ2n) is 3.05. The van der Waals surface area contributed by atoms with Gasteiger partial charge < -0.3 is 0 Å². The number of carbonyl (C=O) groups excluding carboxylic acids is 3. The van der Waals surface area contributed by atoms with Crippen molar-refractivity contribution in [1.82, 2.24) is 0 Å². The van der Waals surface area contributed by atoms with Crippen molar-refractivity contribution < 1.29 is 14.4 Å². The topological polar surface area (TPSA) is 63.6 Å². The van der Waals surface area contributed by atoms with Crippen molar-refractivity contribution in [2.24, 2.45) is 10.9 Å². The molecule has 0 unspecified atom stereocenters. The fourth-order valence-electron chi connectivity index (χ4n) is 1.10.